The van der Waals surface area contributed by atoms with E-state index in [1.165, 1.54) is 21.5 Å². The fourth-order valence-electron chi connectivity index (χ4n) is 3.06. The minimum atomic E-state index is -2.20. The average molecular weight is 281 g/mol. The Morgan fingerprint density at radius 3 is 3.20 bits per heavy atom. The van der Waals surface area contributed by atoms with Gasteiger partial charge in [0.05, 0.1) is 16.5 Å². The molecular formula is C16H12N3S+. The molecule has 0 bridgehead atoms. The zero-order chi connectivity index (χ0) is 15.8. The van der Waals surface area contributed by atoms with Gasteiger partial charge in [0.2, 0.25) is 0 Å². The van der Waals surface area contributed by atoms with Gasteiger partial charge >= 0.3 is 0 Å². The first-order valence-electron chi connectivity index (χ1n) is 7.96. The molecule has 20 heavy (non-hydrogen) atoms. The Hall–Kier alpha value is -2.20. The molecule has 0 aliphatic carbocycles. The summed E-state index contributed by atoms with van der Waals surface area (Å²) in [6.45, 7) is -1.46. The molecule has 0 amide bonds. The van der Waals surface area contributed by atoms with Crippen molar-refractivity contribution in [1.29, 1.82) is 0 Å². The number of aryl methyl sites for hydroxylation is 1. The van der Waals surface area contributed by atoms with Gasteiger partial charge < -0.3 is 4.57 Å². The van der Waals surface area contributed by atoms with Crippen LogP contribution in [-0.2, 0) is 13.5 Å². The largest absolute Gasteiger partial charge is 0.330 e. The van der Waals surface area contributed by atoms with E-state index in [4.69, 9.17) is 4.11 Å². The van der Waals surface area contributed by atoms with Crippen molar-refractivity contribution in [2.75, 3.05) is 0 Å². The van der Waals surface area contributed by atoms with Gasteiger partial charge in [-0.3, -0.25) is 0 Å². The molecule has 4 heterocycles. The number of pyridine rings is 1. The smallest absolute Gasteiger partial charge is 0.291 e. The van der Waals surface area contributed by atoms with Crippen LogP contribution in [0.2, 0.25) is 0 Å². The van der Waals surface area contributed by atoms with Crippen molar-refractivity contribution in [2.24, 2.45) is 6.98 Å². The number of nitrogens with zero attached hydrogens (tertiary/aromatic N) is 3. The second-order valence-corrected chi connectivity index (χ2v) is 5.99. The highest BCUT2D eigenvalue weighted by molar-refractivity contribution is 7.21. The number of hydrogen-bond donors (Lipinski definition) is 0. The summed E-state index contributed by atoms with van der Waals surface area (Å²) in [5.41, 5.74) is 3.91. The second kappa shape index (κ2) is 3.46. The third kappa shape index (κ3) is 1.11. The van der Waals surface area contributed by atoms with E-state index < -0.39 is 6.98 Å². The Balaban J connectivity index is 1.96. The van der Waals surface area contributed by atoms with Crippen molar-refractivity contribution in [3.63, 3.8) is 0 Å². The minimum absolute atomic E-state index is 0.744. The molecule has 1 aliphatic heterocycles. The quantitative estimate of drug-likeness (QED) is 0.400. The number of benzene rings is 1. The molecule has 5 rings (SSSR count). The van der Waals surface area contributed by atoms with E-state index >= 15 is 0 Å². The first-order chi connectivity index (χ1) is 11.1. The van der Waals surface area contributed by atoms with E-state index in [1.807, 2.05) is 30.3 Å². The summed E-state index contributed by atoms with van der Waals surface area (Å²) in [5, 5.41) is 2.02. The standard InChI is InChI=1S/C16H12N3S/c1-18-12-7-3-2-6-11(12)14-16(18)20-15-13-10(9-19(14)15)5-4-8-17-13/h2-8H,9H2,1H3/q+1/i1D3. The summed E-state index contributed by atoms with van der Waals surface area (Å²) < 4.78 is 27.5. The zero-order valence-electron chi connectivity index (χ0n) is 13.5. The van der Waals surface area contributed by atoms with Crippen LogP contribution in [-0.4, -0.2) is 9.55 Å². The summed E-state index contributed by atoms with van der Waals surface area (Å²) in [7, 11) is 0. The molecule has 4 heteroatoms. The van der Waals surface area contributed by atoms with Crippen LogP contribution >= 0.6 is 11.3 Å². The topological polar surface area (TPSA) is 21.7 Å². The molecule has 3 nitrogen and oxygen atoms in total. The minimum Gasteiger partial charge on any atom is -0.330 e. The lowest BCUT2D eigenvalue weighted by atomic mass is 10.2. The van der Waals surface area contributed by atoms with Gasteiger partial charge in [0.1, 0.15) is 0 Å². The summed E-state index contributed by atoms with van der Waals surface area (Å²) >= 11 is 1.51. The fourth-order valence-corrected chi connectivity index (χ4v) is 4.29. The molecule has 3 aromatic heterocycles. The predicted molar refractivity (Wildman–Crippen MR) is 80.8 cm³/mol. The van der Waals surface area contributed by atoms with E-state index in [0.29, 0.717) is 0 Å². The van der Waals surface area contributed by atoms with Crippen molar-refractivity contribution in [1.82, 2.24) is 9.55 Å². The van der Waals surface area contributed by atoms with Crippen molar-refractivity contribution in [2.45, 2.75) is 6.54 Å². The molecule has 4 aromatic rings. The molecule has 0 fully saturated rings. The summed E-state index contributed by atoms with van der Waals surface area (Å²) in [6, 6.07) is 11.7. The molecule has 0 atom stereocenters. The van der Waals surface area contributed by atoms with Crippen molar-refractivity contribution < 1.29 is 8.68 Å². The number of rotatable bonds is 0. The SMILES string of the molecule is [2H]C([2H])([2H])n1c2ccccc2c2c1sc1[n+]2Cc2cccnc2-1. The zero-order valence-corrected chi connectivity index (χ0v) is 11.3. The predicted octanol–water partition coefficient (Wildman–Crippen LogP) is 3.10. The fraction of sp³-hybridized carbons (Fsp3) is 0.125. The molecule has 0 saturated carbocycles. The van der Waals surface area contributed by atoms with E-state index in [1.54, 1.807) is 6.20 Å². The van der Waals surface area contributed by atoms with Crippen molar-refractivity contribution in [3.8, 4) is 10.7 Å². The van der Waals surface area contributed by atoms with Gasteiger partial charge in [-0.25, -0.2) is 4.98 Å². The lowest BCUT2D eigenvalue weighted by molar-refractivity contribution is -0.641. The maximum atomic E-state index is 7.93. The highest BCUT2D eigenvalue weighted by atomic mass is 32.1. The third-order valence-electron chi connectivity index (χ3n) is 3.94. The van der Waals surface area contributed by atoms with Crippen LogP contribution in [0.15, 0.2) is 42.6 Å². The Morgan fingerprint density at radius 2 is 2.25 bits per heavy atom. The highest BCUT2D eigenvalue weighted by Gasteiger charge is 2.35. The lowest BCUT2D eigenvalue weighted by Crippen LogP contribution is -2.30. The molecule has 0 spiro atoms. The molecular weight excluding hydrogens is 266 g/mol. The summed E-state index contributed by atoms with van der Waals surface area (Å²) in [4.78, 5) is 5.28. The Kier molecular flexibility index (Phi) is 1.41. The average Bonchev–Trinajstić information content (AvgIpc) is 3.12. The lowest BCUT2D eigenvalue weighted by Gasteiger charge is -1.93. The van der Waals surface area contributed by atoms with Crippen molar-refractivity contribution in [3.05, 3.63) is 48.2 Å². The molecule has 1 aliphatic rings. The van der Waals surface area contributed by atoms with Gasteiger partial charge in [0.25, 0.3) is 10.5 Å². The number of hydrogen-bond acceptors (Lipinski definition) is 2. The molecule has 96 valence electrons. The maximum Gasteiger partial charge on any atom is 0.291 e. The van der Waals surface area contributed by atoms with Crippen molar-refractivity contribution >= 4 is 32.6 Å². The first kappa shape index (κ1) is 8.17. The van der Waals surface area contributed by atoms with Crippen LogP contribution in [0, 0.1) is 0 Å². The van der Waals surface area contributed by atoms with E-state index in [-0.39, 0.29) is 0 Å². The van der Waals surface area contributed by atoms with Crippen LogP contribution in [0.3, 0.4) is 0 Å². The maximum absolute atomic E-state index is 7.93. The van der Waals surface area contributed by atoms with Crippen LogP contribution in [0.25, 0.3) is 32.0 Å². The Morgan fingerprint density at radius 1 is 1.30 bits per heavy atom. The number of para-hydroxylation sites is 1. The summed E-state index contributed by atoms with van der Waals surface area (Å²) in [6.07, 6.45) is 1.79. The normalized spacial score (nSPS) is 15.9. The van der Waals surface area contributed by atoms with Gasteiger partial charge in [-0.1, -0.05) is 12.1 Å². The Labute approximate surface area is 123 Å². The highest BCUT2D eigenvalue weighted by Crippen LogP contribution is 2.37. The number of thiazole rings is 1. The molecule has 0 N–H and O–H groups in total. The van der Waals surface area contributed by atoms with Gasteiger partial charge in [-0.2, -0.15) is 4.57 Å². The summed E-state index contributed by atoms with van der Waals surface area (Å²) in [5.74, 6) is 0. The van der Waals surface area contributed by atoms with E-state index in [0.717, 1.165) is 38.5 Å². The van der Waals surface area contributed by atoms with E-state index in [9.17, 15) is 0 Å². The van der Waals surface area contributed by atoms with Crippen LogP contribution in [0.5, 0.6) is 0 Å². The van der Waals surface area contributed by atoms with Gasteiger partial charge in [0, 0.05) is 17.3 Å². The first-order valence-corrected chi connectivity index (χ1v) is 7.28. The monoisotopic (exact) mass is 281 g/mol. The molecule has 0 saturated heterocycles. The van der Waals surface area contributed by atoms with Gasteiger partial charge in [0.15, 0.2) is 17.1 Å². The second-order valence-electron chi connectivity index (χ2n) is 5.01. The third-order valence-corrected chi connectivity index (χ3v) is 5.11. The van der Waals surface area contributed by atoms with Crippen LogP contribution in [0.1, 0.15) is 9.68 Å². The number of fused-ring (bicyclic) bond motifs is 7. The van der Waals surface area contributed by atoms with E-state index in [2.05, 4.69) is 15.6 Å². The molecule has 0 unspecified atom stereocenters. The van der Waals surface area contributed by atoms with Crippen LogP contribution < -0.4 is 4.57 Å². The molecule has 1 aromatic carbocycles. The Bertz CT molecular complexity index is 1090. The number of aromatic nitrogens is 3. The van der Waals surface area contributed by atoms with Gasteiger partial charge in [-0.05, 0) is 35.6 Å². The molecule has 0 radical (unpaired) electrons. The van der Waals surface area contributed by atoms with Crippen LogP contribution in [0.4, 0.5) is 0 Å². The van der Waals surface area contributed by atoms with Gasteiger partial charge in [-0.15, -0.1) is 0 Å².